The Morgan fingerprint density at radius 1 is 1.20 bits per heavy atom. The monoisotopic (exact) mass is 262 g/mol. The van der Waals surface area contributed by atoms with Gasteiger partial charge in [0.1, 0.15) is 5.52 Å². The van der Waals surface area contributed by atoms with E-state index in [0.29, 0.717) is 5.52 Å². The largest absolute Gasteiger partial charge is 0.326 e. The third-order valence-corrected chi connectivity index (χ3v) is 2.97. The predicted molar refractivity (Wildman–Crippen MR) is 63.2 cm³/mol. The van der Waals surface area contributed by atoms with Crippen LogP contribution in [0.15, 0.2) is 45.9 Å². The Kier molecular flexibility index (Phi) is 1.73. The van der Waals surface area contributed by atoms with Gasteiger partial charge in [-0.15, -0.1) is 0 Å². The average molecular weight is 263 g/mol. The molecule has 2 aromatic heterocycles. The van der Waals surface area contributed by atoms with Crippen LogP contribution in [-0.2, 0) is 0 Å². The van der Waals surface area contributed by atoms with Crippen molar-refractivity contribution in [2.75, 3.05) is 0 Å². The van der Waals surface area contributed by atoms with Gasteiger partial charge in [0, 0.05) is 22.3 Å². The molecule has 0 radical (unpaired) electrons. The molecule has 0 unspecified atom stereocenters. The summed E-state index contributed by atoms with van der Waals surface area (Å²) in [6.45, 7) is 0. The molecule has 3 nitrogen and oxygen atoms in total. The van der Waals surface area contributed by atoms with Gasteiger partial charge in [-0.05, 0) is 18.2 Å². The van der Waals surface area contributed by atoms with Gasteiger partial charge in [-0.25, -0.2) is 0 Å². The van der Waals surface area contributed by atoms with Gasteiger partial charge in [-0.1, -0.05) is 22.0 Å². The molecule has 0 aliphatic rings. The van der Waals surface area contributed by atoms with Crippen LogP contribution in [0.1, 0.15) is 0 Å². The van der Waals surface area contributed by atoms with Gasteiger partial charge in [-0.2, -0.15) is 0 Å². The van der Waals surface area contributed by atoms with Crippen molar-refractivity contribution in [1.82, 2.24) is 9.38 Å². The van der Waals surface area contributed by atoms with Gasteiger partial charge in [0.25, 0.3) is 5.56 Å². The predicted octanol–water partition coefficient (Wildman–Crippen LogP) is 2.54. The fraction of sp³-hybridized carbons (Fsp3) is 0. The van der Waals surface area contributed by atoms with Crippen molar-refractivity contribution in [2.45, 2.75) is 0 Å². The number of halogens is 1. The summed E-state index contributed by atoms with van der Waals surface area (Å²) in [5, 5.41) is 1.06. The second-order valence-electron chi connectivity index (χ2n) is 3.39. The van der Waals surface area contributed by atoms with Crippen molar-refractivity contribution < 1.29 is 0 Å². The first-order valence-electron chi connectivity index (χ1n) is 4.54. The zero-order chi connectivity index (χ0) is 10.4. The number of rotatable bonds is 0. The fourth-order valence-corrected chi connectivity index (χ4v) is 2.14. The Morgan fingerprint density at radius 2 is 2.07 bits per heavy atom. The molecular formula is C11H7BrN2O. The second-order valence-corrected chi connectivity index (χ2v) is 4.31. The van der Waals surface area contributed by atoms with Crippen molar-refractivity contribution >= 4 is 32.3 Å². The zero-order valence-corrected chi connectivity index (χ0v) is 9.28. The average Bonchev–Trinajstić information content (AvgIpc) is 2.58. The van der Waals surface area contributed by atoms with Crippen LogP contribution in [-0.4, -0.2) is 9.38 Å². The minimum atomic E-state index is -0.0650. The highest BCUT2D eigenvalue weighted by molar-refractivity contribution is 9.10. The van der Waals surface area contributed by atoms with E-state index < -0.39 is 0 Å². The van der Waals surface area contributed by atoms with Gasteiger partial charge in [0.05, 0.1) is 5.52 Å². The molecule has 0 atom stereocenters. The quantitative estimate of drug-likeness (QED) is 0.665. The maximum atomic E-state index is 11.5. The van der Waals surface area contributed by atoms with E-state index in [4.69, 9.17) is 0 Å². The number of aromatic amines is 1. The van der Waals surface area contributed by atoms with E-state index in [-0.39, 0.29) is 5.56 Å². The first-order valence-corrected chi connectivity index (χ1v) is 5.33. The number of fused-ring (bicyclic) bond motifs is 3. The first-order chi connectivity index (χ1) is 7.25. The summed E-state index contributed by atoms with van der Waals surface area (Å²) in [5.41, 5.74) is 1.64. The molecule has 0 aliphatic heterocycles. The minimum Gasteiger partial charge on any atom is -0.326 e. The molecule has 0 saturated heterocycles. The lowest BCUT2D eigenvalue weighted by atomic mass is 10.2. The van der Waals surface area contributed by atoms with Crippen LogP contribution in [0.2, 0.25) is 0 Å². The maximum Gasteiger partial charge on any atom is 0.272 e. The topological polar surface area (TPSA) is 37.3 Å². The molecule has 4 heteroatoms. The molecule has 0 amide bonds. The van der Waals surface area contributed by atoms with Gasteiger partial charge < -0.3 is 9.38 Å². The first kappa shape index (κ1) is 8.73. The van der Waals surface area contributed by atoms with Crippen LogP contribution in [0, 0.1) is 0 Å². The summed E-state index contributed by atoms with van der Waals surface area (Å²) in [5.74, 6) is 0. The lowest BCUT2D eigenvalue weighted by Gasteiger charge is -1.95. The van der Waals surface area contributed by atoms with Crippen LogP contribution in [0.25, 0.3) is 16.4 Å². The van der Waals surface area contributed by atoms with Crippen LogP contribution < -0.4 is 5.56 Å². The number of hydrogen-bond donors (Lipinski definition) is 1. The summed E-state index contributed by atoms with van der Waals surface area (Å²) in [6, 6.07) is 7.85. The van der Waals surface area contributed by atoms with Gasteiger partial charge in [-0.3, -0.25) is 4.79 Å². The third kappa shape index (κ3) is 1.22. The van der Waals surface area contributed by atoms with Crippen LogP contribution in [0.3, 0.4) is 0 Å². The summed E-state index contributed by atoms with van der Waals surface area (Å²) in [6.07, 6.45) is 3.50. The molecular weight excluding hydrogens is 256 g/mol. The second kappa shape index (κ2) is 2.97. The third-order valence-electron chi connectivity index (χ3n) is 2.47. The summed E-state index contributed by atoms with van der Waals surface area (Å²) in [7, 11) is 0. The van der Waals surface area contributed by atoms with Crippen LogP contribution >= 0.6 is 15.9 Å². The number of nitrogens with one attached hydrogen (secondary N) is 1. The van der Waals surface area contributed by atoms with Crippen LogP contribution in [0.4, 0.5) is 0 Å². The molecule has 1 N–H and O–H groups in total. The highest BCUT2D eigenvalue weighted by Crippen LogP contribution is 2.21. The molecule has 15 heavy (non-hydrogen) atoms. The molecule has 0 fully saturated rings. The molecule has 0 bridgehead atoms. The van der Waals surface area contributed by atoms with E-state index in [0.717, 1.165) is 15.4 Å². The summed E-state index contributed by atoms with van der Waals surface area (Å²) < 4.78 is 2.90. The van der Waals surface area contributed by atoms with E-state index in [1.807, 2.05) is 34.9 Å². The van der Waals surface area contributed by atoms with E-state index in [1.165, 1.54) is 0 Å². The number of benzene rings is 1. The smallest absolute Gasteiger partial charge is 0.272 e. The lowest BCUT2D eigenvalue weighted by molar-refractivity contribution is 1.13. The number of hydrogen-bond acceptors (Lipinski definition) is 1. The van der Waals surface area contributed by atoms with Gasteiger partial charge in [0.15, 0.2) is 0 Å². The Bertz CT molecular complexity index is 711. The molecule has 0 aliphatic carbocycles. The Hall–Kier alpha value is -1.55. The summed E-state index contributed by atoms with van der Waals surface area (Å²) in [4.78, 5) is 14.2. The van der Waals surface area contributed by atoms with E-state index in [1.54, 1.807) is 6.20 Å². The van der Waals surface area contributed by atoms with E-state index in [9.17, 15) is 4.79 Å². The Balaban J connectivity index is 2.64. The number of aromatic nitrogens is 2. The number of nitrogens with zero attached hydrogens (tertiary/aromatic N) is 1. The van der Waals surface area contributed by atoms with Crippen molar-refractivity contribution in [3.05, 3.63) is 51.5 Å². The molecule has 1 aromatic carbocycles. The van der Waals surface area contributed by atoms with Gasteiger partial charge in [0.2, 0.25) is 0 Å². The normalized spacial score (nSPS) is 11.3. The van der Waals surface area contributed by atoms with Crippen molar-refractivity contribution in [3.63, 3.8) is 0 Å². The highest BCUT2D eigenvalue weighted by atomic mass is 79.9. The molecule has 3 rings (SSSR count). The molecule has 74 valence electrons. The van der Waals surface area contributed by atoms with Crippen molar-refractivity contribution in [1.29, 1.82) is 0 Å². The van der Waals surface area contributed by atoms with E-state index >= 15 is 0 Å². The van der Waals surface area contributed by atoms with E-state index in [2.05, 4.69) is 20.9 Å². The molecule has 0 saturated carbocycles. The minimum absolute atomic E-state index is 0.0650. The lowest BCUT2D eigenvalue weighted by Crippen LogP contribution is -2.06. The number of H-pyrrole nitrogens is 1. The molecule has 3 aromatic rings. The molecule has 2 heterocycles. The van der Waals surface area contributed by atoms with Crippen molar-refractivity contribution in [3.8, 4) is 0 Å². The Morgan fingerprint density at radius 3 is 2.93 bits per heavy atom. The fourth-order valence-electron chi connectivity index (χ4n) is 1.79. The van der Waals surface area contributed by atoms with Gasteiger partial charge >= 0.3 is 0 Å². The Labute approximate surface area is 93.5 Å². The molecule has 0 spiro atoms. The van der Waals surface area contributed by atoms with Crippen molar-refractivity contribution in [2.24, 2.45) is 0 Å². The highest BCUT2D eigenvalue weighted by Gasteiger charge is 2.04. The SMILES string of the molecule is O=c1[nH]ccn2c1cc1ccc(Br)cc12. The van der Waals surface area contributed by atoms with Crippen LogP contribution in [0.5, 0.6) is 0 Å². The standard InChI is InChI=1S/C11H7BrN2O/c12-8-2-1-7-5-10-11(15)13-3-4-14(10)9(7)6-8/h1-6H,(H,13,15). The summed E-state index contributed by atoms with van der Waals surface area (Å²) >= 11 is 3.42. The zero-order valence-electron chi connectivity index (χ0n) is 7.70. The maximum absolute atomic E-state index is 11.5.